The maximum absolute atomic E-state index is 5.18. The molecule has 0 fully saturated rings. The molecule has 0 saturated carbocycles. The third kappa shape index (κ3) is 3.23. The van der Waals surface area contributed by atoms with Gasteiger partial charge in [0.2, 0.25) is 0 Å². The quantitative estimate of drug-likeness (QED) is 0.725. The van der Waals surface area contributed by atoms with Crippen LogP contribution in [0.3, 0.4) is 0 Å². The third-order valence-corrected chi connectivity index (χ3v) is 3.18. The van der Waals surface area contributed by atoms with Crippen molar-refractivity contribution in [2.45, 2.75) is 19.8 Å². The maximum Gasteiger partial charge on any atom is 0.166 e. The van der Waals surface area contributed by atoms with E-state index in [1.807, 2.05) is 6.07 Å². The lowest BCUT2D eigenvalue weighted by atomic mass is 10.1. The van der Waals surface area contributed by atoms with Crippen LogP contribution < -0.4 is 10.6 Å². The van der Waals surface area contributed by atoms with Gasteiger partial charge in [-0.05, 0) is 36.7 Å². The number of fused-ring (bicyclic) bond motifs is 1. The first-order chi connectivity index (χ1) is 8.81. The normalized spacial score (nSPS) is 10.5. The van der Waals surface area contributed by atoms with Gasteiger partial charge in [-0.25, -0.2) is 0 Å². The molecule has 0 unspecified atom stereocenters. The molecule has 1 aromatic heterocycles. The topological polar surface area (TPSA) is 39.8 Å². The van der Waals surface area contributed by atoms with Gasteiger partial charge in [0, 0.05) is 30.2 Å². The SMILES string of the molecule is CCCNC(=S)NCCc1c[nH]c2ccccc12. The summed E-state index contributed by atoms with van der Waals surface area (Å²) in [4.78, 5) is 3.28. The Morgan fingerprint density at radius 2 is 2.00 bits per heavy atom. The van der Waals surface area contributed by atoms with Crippen molar-refractivity contribution in [3.8, 4) is 0 Å². The van der Waals surface area contributed by atoms with Crippen molar-refractivity contribution in [1.29, 1.82) is 0 Å². The van der Waals surface area contributed by atoms with Gasteiger partial charge in [-0.1, -0.05) is 25.1 Å². The van der Waals surface area contributed by atoms with Crippen molar-refractivity contribution in [1.82, 2.24) is 15.6 Å². The number of nitrogens with one attached hydrogen (secondary N) is 3. The summed E-state index contributed by atoms with van der Waals surface area (Å²) >= 11 is 5.18. The summed E-state index contributed by atoms with van der Waals surface area (Å²) < 4.78 is 0. The number of aromatic amines is 1. The summed E-state index contributed by atoms with van der Waals surface area (Å²) in [7, 11) is 0. The van der Waals surface area contributed by atoms with Crippen LogP contribution in [0.25, 0.3) is 10.9 Å². The number of H-pyrrole nitrogens is 1. The average molecular weight is 261 g/mol. The summed E-state index contributed by atoms with van der Waals surface area (Å²) in [6, 6.07) is 8.36. The standard InChI is InChI=1S/C14H19N3S/c1-2-8-15-14(18)16-9-7-11-10-17-13-6-4-3-5-12(11)13/h3-6,10,17H,2,7-9H2,1H3,(H2,15,16,18). The Morgan fingerprint density at radius 3 is 2.83 bits per heavy atom. The fourth-order valence-electron chi connectivity index (χ4n) is 1.95. The number of aromatic nitrogens is 1. The molecular formula is C14H19N3S. The van der Waals surface area contributed by atoms with Gasteiger partial charge in [-0.2, -0.15) is 0 Å². The average Bonchev–Trinajstić information content (AvgIpc) is 2.80. The van der Waals surface area contributed by atoms with Gasteiger partial charge in [0.25, 0.3) is 0 Å². The van der Waals surface area contributed by atoms with Crippen molar-refractivity contribution >= 4 is 28.2 Å². The predicted octanol–water partition coefficient (Wildman–Crippen LogP) is 2.58. The molecular weight excluding hydrogens is 242 g/mol. The van der Waals surface area contributed by atoms with E-state index >= 15 is 0 Å². The van der Waals surface area contributed by atoms with E-state index in [9.17, 15) is 0 Å². The molecule has 0 atom stereocenters. The Balaban J connectivity index is 1.85. The van der Waals surface area contributed by atoms with E-state index in [1.165, 1.54) is 16.5 Å². The van der Waals surface area contributed by atoms with Crippen LogP contribution in [0, 0.1) is 0 Å². The first kappa shape index (κ1) is 12.9. The molecule has 0 aliphatic carbocycles. The number of thiocarbonyl (C=S) groups is 1. The van der Waals surface area contributed by atoms with Crippen molar-refractivity contribution in [2.24, 2.45) is 0 Å². The van der Waals surface area contributed by atoms with Crippen LogP contribution in [-0.2, 0) is 6.42 Å². The summed E-state index contributed by atoms with van der Waals surface area (Å²) in [6.45, 7) is 3.91. The van der Waals surface area contributed by atoms with E-state index in [4.69, 9.17) is 12.2 Å². The van der Waals surface area contributed by atoms with Gasteiger partial charge in [0.15, 0.2) is 5.11 Å². The van der Waals surface area contributed by atoms with Crippen LogP contribution in [0.1, 0.15) is 18.9 Å². The molecule has 1 aromatic carbocycles. The number of hydrogen-bond donors (Lipinski definition) is 3. The van der Waals surface area contributed by atoms with Gasteiger partial charge in [-0.3, -0.25) is 0 Å². The minimum absolute atomic E-state index is 0.747. The molecule has 0 radical (unpaired) electrons. The predicted molar refractivity (Wildman–Crippen MR) is 80.9 cm³/mol. The Labute approximate surface area is 113 Å². The molecule has 0 amide bonds. The highest BCUT2D eigenvalue weighted by Crippen LogP contribution is 2.17. The smallest absolute Gasteiger partial charge is 0.166 e. The number of rotatable bonds is 5. The first-order valence-corrected chi connectivity index (χ1v) is 6.78. The minimum Gasteiger partial charge on any atom is -0.363 e. The summed E-state index contributed by atoms with van der Waals surface area (Å²) in [5, 5.41) is 8.43. The van der Waals surface area contributed by atoms with Gasteiger partial charge in [-0.15, -0.1) is 0 Å². The summed E-state index contributed by atoms with van der Waals surface area (Å²) in [5.41, 5.74) is 2.52. The fraction of sp³-hybridized carbons (Fsp3) is 0.357. The number of hydrogen-bond acceptors (Lipinski definition) is 1. The minimum atomic E-state index is 0.747. The fourth-order valence-corrected chi connectivity index (χ4v) is 2.15. The first-order valence-electron chi connectivity index (χ1n) is 6.38. The lowest BCUT2D eigenvalue weighted by molar-refractivity contribution is 0.792. The second-order valence-electron chi connectivity index (χ2n) is 4.29. The molecule has 4 heteroatoms. The second-order valence-corrected chi connectivity index (χ2v) is 4.70. The number of benzene rings is 1. The van der Waals surface area contributed by atoms with Crippen molar-refractivity contribution in [3.05, 3.63) is 36.0 Å². The highest BCUT2D eigenvalue weighted by molar-refractivity contribution is 7.80. The highest BCUT2D eigenvalue weighted by Gasteiger charge is 2.02. The number of para-hydroxylation sites is 1. The van der Waals surface area contributed by atoms with E-state index in [2.05, 4.69) is 46.9 Å². The Morgan fingerprint density at radius 1 is 1.22 bits per heavy atom. The third-order valence-electron chi connectivity index (χ3n) is 2.89. The van der Waals surface area contributed by atoms with Crippen LogP contribution in [0.5, 0.6) is 0 Å². The van der Waals surface area contributed by atoms with E-state index in [0.29, 0.717) is 0 Å². The zero-order valence-electron chi connectivity index (χ0n) is 10.6. The van der Waals surface area contributed by atoms with E-state index < -0.39 is 0 Å². The van der Waals surface area contributed by atoms with E-state index in [1.54, 1.807) is 0 Å². The zero-order chi connectivity index (χ0) is 12.8. The summed E-state index contributed by atoms with van der Waals surface area (Å²) in [6.07, 6.45) is 4.14. The highest BCUT2D eigenvalue weighted by atomic mass is 32.1. The Kier molecular flexibility index (Phi) is 4.59. The summed E-state index contributed by atoms with van der Waals surface area (Å²) in [5.74, 6) is 0. The molecule has 18 heavy (non-hydrogen) atoms. The lowest BCUT2D eigenvalue weighted by Crippen LogP contribution is -2.36. The van der Waals surface area contributed by atoms with E-state index in [0.717, 1.165) is 31.0 Å². The van der Waals surface area contributed by atoms with Gasteiger partial charge >= 0.3 is 0 Å². The van der Waals surface area contributed by atoms with Crippen LogP contribution in [0.2, 0.25) is 0 Å². The van der Waals surface area contributed by atoms with Crippen LogP contribution in [-0.4, -0.2) is 23.2 Å². The lowest BCUT2D eigenvalue weighted by Gasteiger charge is -2.08. The van der Waals surface area contributed by atoms with Gasteiger partial charge in [0.1, 0.15) is 0 Å². The van der Waals surface area contributed by atoms with Crippen LogP contribution in [0.15, 0.2) is 30.5 Å². The molecule has 0 spiro atoms. The molecule has 0 aliphatic rings. The second kappa shape index (κ2) is 6.40. The largest absolute Gasteiger partial charge is 0.363 e. The molecule has 96 valence electrons. The van der Waals surface area contributed by atoms with Gasteiger partial charge in [0.05, 0.1) is 0 Å². The zero-order valence-corrected chi connectivity index (χ0v) is 11.4. The van der Waals surface area contributed by atoms with Crippen molar-refractivity contribution in [2.75, 3.05) is 13.1 Å². The maximum atomic E-state index is 5.18. The van der Waals surface area contributed by atoms with Crippen LogP contribution in [0.4, 0.5) is 0 Å². The van der Waals surface area contributed by atoms with Crippen molar-refractivity contribution < 1.29 is 0 Å². The molecule has 1 heterocycles. The molecule has 3 N–H and O–H groups in total. The van der Waals surface area contributed by atoms with Gasteiger partial charge < -0.3 is 15.6 Å². The van der Waals surface area contributed by atoms with Crippen LogP contribution >= 0.6 is 12.2 Å². The molecule has 2 rings (SSSR count). The van der Waals surface area contributed by atoms with E-state index in [-0.39, 0.29) is 0 Å². The molecule has 0 aliphatic heterocycles. The molecule has 3 nitrogen and oxygen atoms in total. The molecule has 0 saturated heterocycles. The van der Waals surface area contributed by atoms with Crippen molar-refractivity contribution in [3.63, 3.8) is 0 Å². The Bertz CT molecular complexity index is 518. The monoisotopic (exact) mass is 261 g/mol. The Hall–Kier alpha value is -1.55. The molecule has 0 bridgehead atoms. The molecule has 2 aromatic rings.